The molecule has 3 aromatic rings. The smallest absolute Gasteiger partial charge is 0.414 e. The van der Waals surface area contributed by atoms with Crippen LogP contribution >= 0.6 is 0 Å². The van der Waals surface area contributed by atoms with Crippen LogP contribution in [0.5, 0.6) is 0 Å². The van der Waals surface area contributed by atoms with Crippen molar-refractivity contribution in [3.63, 3.8) is 0 Å². The number of rotatable bonds is 9. The minimum Gasteiger partial charge on any atom is -0.450 e. The Kier molecular flexibility index (Phi) is 8.82. The molecule has 0 spiro atoms. The second-order valence-electron chi connectivity index (χ2n) is 9.89. The van der Waals surface area contributed by atoms with Gasteiger partial charge in [0.1, 0.15) is 17.5 Å². The lowest BCUT2D eigenvalue weighted by molar-refractivity contribution is -0.130. The van der Waals surface area contributed by atoms with Gasteiger partial charge in [0.25, 0.3) is 5.91 Å². The molecule has 0 bridgehead atoms. The summed E-state index contributed by atoms with van der Waals surface area (Å²) in [6, 6.07) is 3.79. The summed E-state index contributed by atoms with van der Waals surface area (Å²) < 4.78 is 42.0. The first-order chi connectivity index (χ1) is 20.7. The zero-order valence-corrected chi connectivity index (χ0v) is 23.3. The lowest BCUT2D eigenvalue weighted by Crippen LogP contribution is -2.51. The molecule has 228 valence electrons. The third-order valence-corrected chi connectivity index (χ3v) is 6.92. The average Bonchev–Trinajstić information content (AvgIpc) is 3.61. The number of carbonyl (C=O) groups is 4. The molecule has 43 heavy (non-hydrogen) atoms. The number of anilines is 2. The monoisotopic (exact) mass is 600 g/mol. The summed E-state index contributed by atoms with van der Waals surface area (Å²) in [7, 11) is 0. The number of amides is 4. The summed E-state index contributed by atoms with van der Waals surface area (Å²) in [6.45, 7) is 2.47. The largest absolute Gasteiger partial charge is 0.450 e. The van der Waals surface area contributed by atoms with Crippen LogP contribution in [0, 0.1) is 11.6 Å². The van der Waals surface area contributed by atoms with E-state index in [1.54, 1.807) is 22.9 Å². The molecule has 0 saturated carbocycles. The van der Waals surface area contributed by atoms with Crippen LogP contribution in [0.3, 0.4) is 0 Å². The molecule has 2 saturated heterocycles. The van der Waals surface area contributed by atoms with E-state index >= 15 is 8.78 Å². The first kappa shape index (κ1) is 29.5. The van der Waals surface area contributed by atoms with E-state index in [2.05, 4.69) is 20.6 Å². The van der Waals surface area contributed by atoms with Gasteiger partial charge in [-0.3, -0.25) is 18.9 Å². The third-order valence-electron chi connectivity index (χ3n) is 6.92. The summed E-state index contributed by atoms with van der Waals surface area (Å²) in [5.74, 6) is -2.27. The molecular formula is C27H30F2N8O6. The summed E-state index contributed by atoms with van der Waals surface area (Å²) in [4.78, 5) is 61.4. The molecule has 2 N–H and O–H groups in total. The number of piperazine rings is 1. The second-order valence-corrected chi connectivity index (χ2v) is 9.89. The van der Waals surface area contributed by atoms with Crippen LogP contribution in [0.4, 0.5) is 29.7 Å². The molecule has 2 fully saturated rings. The van der Waals surface area contributed by atoms with Crippen molar-refractivity contribution in [2.24, 2.45) is 0 Å². The molecule has 16 heteroatoms. The zero-order valence-electron chi connectivity index (χ0n) is 23.3. The van der Waals surface area contributed by atoms with E-state index in [0.717, 1.165) is 17.0 Å². The highest BCUT2D eigenvalue weighted by Crippen LogP contribution is 2.31. The molecule has 0 unspecified atom stereocenters. The van der Waals surface area contributed by atoms with Crippen LogP contribution in [0.25, 0.3) is 5.78 Å². The van der Waals surface area contributed by atoms with Crippen molar-refractivity contribution in [2.45, 2.75) is 19.4 Å². The highest BCUT2D eigenvalue weighted by atomic mass is 19.1. The number of alkyl carbamates (subject to hydrolysis) is 1. The van der Waals surface area contributed by atoms with Crippen LogP contribution in [-0.2, 0) is 14.3 Å². The van der Waals surface area contributed by atoms with E-state index < -0.39 is 35.8 Å². The van der Waals surface area contributed by atoms with E-state index in [1.165, 1.54) is 16.0 Å². The molecule has 1 atom stereocenters. The summed E-state index contributed by atoms with van der Waals surface area (Å²) in [5.41, 5.74) is -0.174. The molecule has 1 aromatic carbocycles. The van der Waals surface area contributed by atoms with E-state index in [1.807, 2.05) is 6.92 Å². The molecule has 2 aromatic heterocycles. The van der Waals surface area contributed by atoms with Gasteiger partial charge in [-0.2, -0.15) is 0 Å². The number of hydrogen-bond donors (Lipinski definition) is 2. The van der Waals surface area contributed by atoms with Crippen LogP contribution < -0.4 is 20.4 Å². The topological polar surface area (TPSA) is 151 Å². The second kappa shape index (κ2) is 12.9. The van der Waals surface area contributed by atoms with Crippen molar-refractivity contribution >= 4 is 41.2 Å². The first-order valence-electron chi connectivity index (χ1n) is 13.7. The third kappa shape index (κ3) is 6.73. The van der Waals surface area contributed by atoms with Gasteiger partial charge in [-0.1, -0.05) is 6.92 Å². The highest BCUT2D eigenvalue weighted by Gasteiger charge is 2.34. The Morgan fingerprint density at radius 1 is 1.12 bits per heavy atom. The fraction of sp³-hybridized carbons (Fsp3) is 0.407. The minimum absolute atomic E-state index is 0.0154. The van der Waals surface area contributed by atoms with Gasteiger partial charge >= 0.3 is 12.2 Å². The summed E-state index contributed by atoms with van der Waals surface area (Å²) in [5, 5.41) is 5.03. The molecule has 0 radical (unpaired) electrons. The maximum absolute atomic E-state index is 15.2. The molecule has 14 nitrogen and oxygen atoms in total. The number of nitrogens with one attached hydrogen (secondary N) is 2. The number of aromatic nitrogens is 3. The SMILES string of the molecule is CCCOC(=O)NC[C@H]1CN(c2cc(F)c(N3CCN(C(=O)CNC(=O)c4cn5cccnc5n4)CC3)c(F)c2)C(=O)O1. The van der Waals surface area contributed by atoms with Crippen molar-refractivity contribution in [3.8, 4) is 0 Å². The van der Waals surface area contributed by atoms with Crippen molar-refractivity contribution in [2.75, 3.05) is 62.2 Å². The van der Waals surface area contributed by atoms with Gasteiger partial charge in [0.15, 0.2) is 11.6 Å². The number of benzene rings is 1. The molecule has 2 aliphatic heterocycles. The van der Waals surface area contributed by atoms with Gasteiger partial charge in [0.05, 0.1) is 31.9 Å². The Morgan fingerprint density at radius 2 is 1.86 bits per heavy atom. The Labute approximate surface area is 244 Å². The van der Waals surface area contributed by atoms with E-state index in [9.17, 15) is 19.2 Å². The number of nitrogens with zero attached hydrogens (tertiary/aromatic N) is 6. The number of imidazole rings is 1. The summed E-state index contributed by atoms with van der Waals surface area (Å²) >= 11 is 0. The van der Waals surface area contributed by atoms with E-state index in [0.29, 0.717) is 12.2 Å². The van der Waals surface area contributed by atoms with E-state index in [-0.39, 0.29) is 75.4 Å². The first-order valence-corrected chi connectivity index (χ1v) is 13.7. The minimum atomic E-state index is -0.874. The molecule has 5 rings (SSSR count). The van der Waals surface area contributed by atoms with Gasteiger partial charge in [-0.15, -0.1) is 0 Å². The van der Waals surface area contributed by atoms with Crippen molar-refractivity contribution < 1.29 is 37.4 Å². The number of cyclic esters (lactones) is 1. The van der Waals surface area contributed by atoms with Gasteiger partial charge in [0, 0.05) is 56.9 Å². The van der Waals surface area contributed by atoms with Gasteiger partial charge in [0.2, 0.25) is 11.7 Å². The van der Waals surface area contributed by atoms with Crippen LogP contribution in [-0.4, -0.2) is 102 Å². The van der Waals surface area contributed by atoms with Crippen molar-refractivity contribution in [1.29, 1.82) is 0 Å². The van der Waals surface area contributed by atoms with Crippen LogP contribution in [0.15, 0.2) is 36.8 Å². The predicted molar refractivity (Wildman–Crippen MR) is 148 cm³/mol. The van der Waals surface area contributed by atoms with E-state index in [4.69, 9.17) is 9.47 Å². The van der Waals surface area contributed by atoms with Crippen molar-refractivity contribution in [1.82, 2.24) is 29.9 Å². The molecule has 0 aliphatic carbocycles. The van der Waals surface area contributed by atoms with Crippen LogP contribution in [0.2, 0.25) is 0 Å². The highest BCUT2D eigenvalue weighted by molar-refractivity contribution is 5.95. The predicted octanol–water partition coefficient (Wildman–Crippen LogP) is 1.55. The fourth-order valence-corrected chi connectivity index (χ4v) is 4.77. The quantitative estimate of drug-likeness (QED) is 0.373. The molecular weight excluding hydrogens is 570 g/mol. The normalized spacial score (nSPS) is 16.8. The Morgan fingerprint density at radius 3 is 2.56 bits per heavy atom. The number of carbonyl (C=O) groups excluding carboxylic acids is 4. The van der Waals surface area contributed by atoms with Crippen molar-refractivity contribution in [3.05, 3.63) is 54.1 Å². The molecule has 4 amide bonds. The zero-order chi connectivity index (χ0) is 30.5. The Hall–Kier alpha value is -5.02. The maximum Gasteiger partial charge on any atom is 0.414 e. The average molecular weight is 601 g/mol. The van der Waals surface area contributed by atoms with Gasteiger partial charge in [-0.25, -0.2) is 28.3 Å². The number of hydrogen-bond acceptors (Lipinski definition) is 9. The van der Waals surface area contributed by atoms with Gasteiger partial charge < -0.3 is 29.9 Å². The maximum atomic E-state index is 15.2. The summed E-state index contributed by atoms with van der Waals surface area (Å²) in [6.07, 6.45) is 3.24. The lowest BCUT2D eigenvalue weighted by Gasteiger charge is -2.36. The molecule has 2 aliphatic rings. The Bertz CT molecular complexity index is 1470. The van der Waals surface area contributed by atoms with Crippen LogP contribution in [0.1, 0.15) is 23.8 Å². The number of halogens is 2. The standard InChI is InChI=1S/C27H30F2N8O6/c1-2-10-42-26(40)32-13-18-15-37(27(41)43-18)17-11-19(28)23(20(29)12-17)35-8-6-34(7-9-35)22(38)14-31-24(39)21-16-36-5-3-4-30-25(36)33-21/h3-5,11-12,16,18H,2,6-10,13-15H2,1H3,(H,31,39)(H,32,40)/t18-/m0/s1. The number of ether oxygens (including phenoxy) is 2. The lowest BCUT2D eigenvalue weighted by atomic mass is 10.2. The molecule has 4 heterocycles. The van der Waals surface area contributed by atoms with Gasteiger partial charge in [-0.05, 0) is 12.5 Å². The Balaban J connectivity index is 1.12. The fourth-order valence-electron chi connectivity index (χ4n) is 4.77. The number of fused-ring (bicyclic) bond motifs is 1.